The van der Waals surface area contributed by atoms with Crippen LogP contribution in [0.25, 0.3) is 0 Å². The Morgan fingerprint density at radius 3 is 2.38 bits per heavy atom. The summed E-state index contributed by atoms with van der Waals surface area (Å²) >= 11 is 17.6. The first-order valence-electron chi connectivity index (χ1n) is 8.09. The molecule has 2 aromatic rings. The summed E-state index contributed by atoms with van der Waals surface area (Å²) in [6, 6.07) is 8.63. The summed E-state index contributed by atoms with van der Waals surface area (Å²) < 4.78 is 34.6. The number of methoxy groups -OCH3 is 1. The standard InChI is InChI=1S/C18H16Cl3NO6S/c1-27-15-5-3-11(19)8-14(15)22-17(23)10-28-18(24)6-7-29(25,26)16-9-12(20)2-4-13(16)21/h2-5,8-9H,6-7,10H2,1H3,(H,22,23). The zero-order chi connectivity index (χ0) is 21.6. The zero-order valence-electron chi connectivity index (χ0n) is 15.1. The molecule has 0 atom stereocenters. The van der Waals surface area contributed by atoms with Crippen LogP contribution in [0.5, 0.6) is 5.75 Å². The van der Waals surface area contributed by atoms with E-state index >= 15 is 0 Å². The van der Waals surface area contributed by atoms with E-state index < -0.39 is 40.5 Å². The number of sulfone groups is 1. The lowest BCUT2D eigenvalue weighted by Gasteiger charge is -2.11. The number of nitrogens with one attached hydrogen (secondary N) is 1. The Labute approximate surface area is 182 Å². The van der Waals surface area contributed by atoms with Crippen molar-refractivity contribution in [3.63, 3.8) is 0 Å². The number of carbonyl (C=O) groups is 2. The number of carbonyl (C=O) groups excluding carboxylic acids is 2. The lowest BCUT2D eigenvalue weighted by molar-refractivity contribution is -0.146. The second kappa shape index (κ2) is 10.2. The number of esters is 1. The molecule has 0 aliphatic heterocycles. The molecular formula is C18H16Cl3NO6S. The monoisotopic (exact) mass is 479 g/mol. The predicted octanol–water partition coefficient (Wildman–Crippen LogP) is 4.00. The Bertz CT molecular complexity index is 1030. The van der Waals surface area contributed by atoms with E-state index in [1.165, 1.54) is 31.4 Å². The minimum absolute atomic E-state index is 0.00221. The number of halogens is 3. The van der Waals surface area contributed by atoms with E-state index in [4.69, 9.17) is 44.3 Å². The van der Waals surface area contributed by atoms with Gasteiger partial charge in [0.1, 0.15) is 5.75 Å². The Morgan fingerprint density at radius 1 is 1.03 bits per heavy atom. The zero-order valence-corrected chi connectivity index (χ0v) is 18.2. The Kier molecular flexibility index (Phi) is 8.15. The number of anilines is 1. The first-order valence-corrected chi connectivity index (χ1v) is 10.9. The van der Waals surface area contributed by atoms with Crippen molar-refractivity contribution >= 4 is 62.2 Å². The molecule has 11 heteroatoms. The van der Waals surface area contributed by atoms with Crippen molar-refractivity contribution in [1.82, 2.24) is 0 Å². The van der Waals surface area contributed by atoms with Crippen LogP contribution in [0.2, 0.25) is 15.1 Å². The van der Waals surface area contributed by atoms with E-state index in [0.717, 1.165) is 0 Å². The predicted molar refractivity (Wildman–Crippen MR) is 111 cm³/mol. The van der Waals surface area contributed by atoms with Crippen molar-refractivity contribution in [3.8, 4) is 5.75 Å². The minimum atomic E-state index is -3.86. The fourth-order valence-electron chi connectivity index (χ4n) is 2.23. The van der Waals surface area contributed by atoms with Crippen LogP contribution in [-0.4, -0.2) is 39.8 Å². The average Bonchev–Trinajstić information content (AvgIpc) is 2.67. The van der Waals surface area contributed by atoms with Gasteiger partial charge >= 0.3 is 5.97 Å². The topological polar surface area (TPSA) is 98.8 Å². The summed E-state index contributed by atoms with van der Waals surface area (Å²) in [4.78, 5) is 23.6. The minimum Gasteiger partial charge on any atom is -0.495 e. The van der Waals surface area contributed by atoms with Crippen LogP contribution in [0, 0.1) is 0 Å². The third-order valence-electron chi connectivity index (χ3n) is 3.60. The number of hydrogen-bond donors (Lipinski definition) is 1. The van der Waals surface area contributed by atoms with Crippen LogP contribution in [0.15, 0.2) is 41.3 Å². The summed E-state index contributed by atoms with van der Waals surface area (Å²) in [5, 5.41) is 3.07. The summed E-state index contributed by atoms with van der Waals surface area (Å²) in [7, 11) is -2.44. The molecule has 0 saturated heterocycles. The Balaban J connectivity index is 1.89. The molecular weight excluding hydrogens is 465 g/mol. The molecule has 0 radical (unpaired) electrons. The molecule has 29 heavy (non-hydrogen) atoms. The van der Waals surface area contributed by atoms with Gasteiger partial charge in [0, 0.05) is 10.0 Å². The molecule has 0 bridgehead atoms. The SMILES string of the molecule is COc1ccc(Cl)cc1NC(=O)COC(=O)CCS(=O)(=O)c1cc(Cl)ccc1Cl. The number of benzene rings is 2. The molecule has 2 aromatic carbocycles. The van der Waals surface area contributed by atoms with E-state index in [1.807, 2.05) is 0 Å². The van der Waals surface area contributed by atoms with Gasteiger partial charge < -0.3 is 14.8 Å². The molecule has 0 saturated carbocycles. The highest BCUT2D eigenvalue weighted by atomic mass is 35.5. The van der Waals surface area contributed by atoms with Gasteiger partial charge in [-0.1, -0.05) is 34.8 Å². The highest BCUT2D eigenvalue weighted by molar-refractivity contribution is 7.91. The molecule has 7 nitrogen and oxygen atoms in total. The lowest BCUT2D eigenvalue weighted by atomic mass is 10.3. The molecule has 0 aliphatic rings. The fourth-order valence-corrected chi connectivity index (χ4v) is 4.43. The van der Waals surface area contributed by atoms with Gasteiger partial charge in [0.2, 0.25) is 0 Å². The highest BCUT2D eigenvalue weighted by Gasteiger charge is 2.21. The highest BCUT2D eigenvalue weighted by Crippen LogP contribution is 2.28. The molecule has 0 unspecified atom stereocenters. The average molecular weight is 481 g/mol. The van der Waals surface area contributed by atoms with E-state index in [0.29, 0.717) is 16.5 Å². The fraction of sp³-hybridized carbons (Fsp3) is 0.222. The Hall–Kier alpha value is -2.00. The summed E-state index contributed by atoms with van der Waals surface area (Å²) in [5.74, 6) is -1.67. The van der Waals surface area contributed by atoms with Gasteiger partial charge in [-0.2, -0.15) is 0 Å². The van der Waals surface area contributed by atoms with Crippen LogP contribution in [0.1, 0.15) is 6.42 Å². The van der Waals surface area contributed by atoms with Gasteiger partial charge in [-0.05, 0) is 36.4 Å². The summed E-state index contributed by atoms with van der Waals surface area (Å²) in [5.41, 5.74) is 0.305. The third-order valence-corrected chi connectivity index (χ3v) is 6.26. The molecule has 2 rings (SSSR count). The van der Waals surface area contributed by atoms with Crippen LogP contribution in [-0.2, 0) is 24.2 Å². The maximum Gasteiger partial charge on any atom is 0.307 e. The molecule has 0 fully saturated rings. The van der Waals surface area contributed by atoms with Gasteiger partial charge in [0.05, 0.1) is 34.9 Å². The third kappa shape index (κ3) is 6.78. The van der Waals surface area contributed by atoms with Gasteiger partial charge in [0.25, 0.3) is 5.91 Å². The number of rotatable bonds is 8. The number of amides is 1. The second-order valence-corrected chi connectivity index (χ2v) is 9.05. The van der Waals surface area contributed by atoms with Crippen molar-refractivity contribution in [1.29, 1.82) is 0 Å². The quantitative estimate of drug-likeness (QED) is 0.573. The number of hydrogen-bond acceptors (Lipinski definition) is 6. The first-order chi connectivity index (χ1) is 13.6. The van der Waals surface area contributed by atoms with Crippen LogP contribution in [0.4, 0.5) is 5.69 Å². The second-order valence-electron chi connectivity index (χ2n) is 5.70. The van der Waals surface area contributed by atoms with E-state index in [-0.39, 0.29) is 14.9 Å². The molecule has 0 heterocycles. The lowest BCUT2D eigenvalue weighted by Crippen LogP contribution is -2.22. The van der Waals surface area contributed by atoms with Crippen molar-refractivity contribution in [2.24, 2.45) is 0 Å². The maximum atomic E-state index is 12.3. The van der Waals surface area contributed by atoms with Gasteiger partial charge in [-0.3, -0.25) is 9.59 Å². The van der Waals surface area contributed by atoms with Gasteiger partial charge in [-0.15, -0.1) is 0 Å². The molecule has 1 N–H and O–H groups in total. The van der Waals surface area contributed by atoms with Crippen LogP contribution >= 0.6 is 34.8 Å². The molecule has 0 spiro atoms. The molecule has 0 aromatic heterocycles. The largest absolute Gasteiger partial charge is 0.495 e. The Morgan fingerprint density at radius 2 is 1.69 bits per heavy atom. The van der Waals surface area contributed by atoms with Crippen molar-refractivity contribution < 1.29 is 27.5 Å². The van der Waals surface area contributed by atoms with Crippen molar-refractivity contribution in [2.45, 2.75) is 11.3 Å². The molecule has 0 aliphatic carbocycles. The first kappa shape index (κ1) is 23.3. The van der Waals surface area contributed by atoms with Crippen molar-refractivity contribution in [3.05, 3.63) is 51.5 Å². The smallest absolute Gasteiger partial charge is 0.307 e. The maximum absolute atomic E-state index is 12.3. The van der Waals surface area contributed by atoms with Gasteiger partial charge in [-0.25, -0.2) is 8.42 Å². The molecule has 1 amide bonds. The van der Waals surface area contributed by atoms with E-state index in [1.54, 1.807) is 12.1 Å². The van der Waals surface area contributed by atoms with E-state index in [9.17, 15) is 18.0 Å². The summed E-state index contributed by atoms with van der Waals surface area (Å²) in [6.07, 6.45) is -0.459. The van der Waals surface area contributed by atoms with Crippen LogP contribution < -0.4 is 10.1 Å². The van der Waals surface area contributed by atoms with Gasteiger partial charge in [0.15, 0.2) is 16.4 Å². The van der Waals surface area contributed by atoms with E-state index in [2.05, 4.69) is 5.32 Å². The number of ether oxygens (including phenoxy) is 2. The van der Waals surface area contributed by atoms with Crippen LogP contribution in [0.3, 0.4) is 0 Å². The molecule has 156 valence electrons. The van der Waals surface area contributed by atoms with Crippen molar-refractivity contribution in [2.75, 3.05) is 24.8 Å². The normalized spacial score (nSPS) is 11.0. The summed E-state index contributed by atoms with van der Waals surface area (Å²) in [6.45, 7) is -0.605.